The van der Waals surface area contributed by atoms with Crippen molar-refractivity contribution in [1.29, 1.82) is 0 Å². The summed E-state index contributed by atoms with van der Waals surface area (Å²) in [5.41, 5.74) is 3.39. The number of ether oxygens (including phenoxy) is 1. The predicted molar refractivity (Wildman–Crippen MR) is 105 cm³/mol. The minimum Gasteiger partial charge on any atom is -0.360 e. The van der Waals surface area contributed by atoms with E-state index in [9.17, 15) is 4.79 Å². The lowest BCUT2D eigenvalue weighted by molar-refractivity contribution is -0.118. The third kappa shape index (κ3) is 1.89. The molecule has 2 nitrogen and oxygen atoms in total. The Bertz CT molecular complexity index is 841. The Morgan fingerprint density at radius 1 is 1.00 bits per heavy atom. The maximum absolute atomic E-state index is 12.0. The van der Waals surface area contributed by atoms with Gasteiger partial charge in [0.2, 0.25) is 0 Å². The Balaban J connectivity index is 1.38. The number of fused-ring (bicyclic) bond motifs is 7. The Morgan fingerprint density at radius 3 is 2.63 bits per heavy atom. The van der Waals surface area contributed by atoms with Gasteiger partial charge in [-0.3, -0.25) is 4.79 Å². The highest BCUT2D eigenvalue weighted by Gasteiger charge is 2.77. The van der Waals surface area contributed by atoms with E-state index in [1.807, 2.05) is 6.08 Å². The maximum atomic E-state index is 12.0. The van der Waals surface area contributed by atoms with Crippen LogP contribution in [0.4, 0.5) is 0 Å². The van der Waals surface area contributed by atoms with E-state index in [0.29, 0.717) is 11.9 Å². The van der Waals surface area contributed by atoms with Crippen molar-refractivity contribution in [2.45, 2.75) is 70.5 Å². The highest BCUT2D eigenvalue weighted by molar-refractivity contribution is 5.91. The first-order valence-corrected chi connectivity index (χ1v) is 11.0. The van der Waals surface area contributed by atoms with Crippen molar-refractivity contribution < 1.29 is 9.53 Å². The molecule has 0 N–H and O–H groups in total. The molecule has 3 saturated carbocycles. The fourth-order valence-corrected chi connectivity index (χ4v) is 8.18. The van der Waals surface area contributed by atoms with Crippen LogP contribution in [-0.2, 0) is 15.1 Å². The zero-order chi connectivity index (χ0) is 18.4. The lowest BCUT2D eigenvalue weighted by atomic mass is 9.46. The number of ketones is 1. The summed E-state index contributed by atoms with van der Waals surface area (Å²) in [6.07, 6.45) is 10.5. The minimum atomic E-state index is -0.0244. The molecule has 0 bridgehead atoms. The molecule has 7 atom stereocenters. The van der Waals surface area contributed by atoms with E-state index in [-0.39, 0.29) is 16.4 Å². The molecular weight excluding hydrogens is 332 g/mol. The van der Waals surface area contributed by atoms with Gasteiger partial charge in [-0.25, -0.2) is 0 Å². The van der Waals surface area contributed by atoms with Gasteiger partial charge in [0.1, 0.15) is 5.60 Å². The quantitative estimate of drug-likeness (QED) is 0.624. The number of allylic oxidation sites excluding steroid dienone is 1. The summed E-state index contributed by atoms with van der Waals surface area (Å²) in [4.78, 5) is 12.0. The second-order valence-corrected chi connectivity index (χ2v) is 10.4. The molecule has 6 rings (SSSR count). The molecule has 1 saturated heterocycles. The molecule has 4 aliphatic carbocycles. The van der Waals surface area contributed by atoms with Crippen LogP contribution >= 0.6 is 0 Å². The third-order valence-corrected chi connectivity index (χ3v) is 9.60. The van der Waals surface area contributed by atoms with Gasteiger partial charge in [-0.1, -0.05) is 49.8 Å². The van der Waals surface area contributed by atoms with Crippen LogP contribution in [-0.4, -0.2) is 11.9 Å². The molecule has 2 heteroatoms. The lowest BCUT2D eigenvalue weighted by Gasteiger charge is -2.58. The lowest BCUT2D eigenvalue weighted by Crippen LogP contribution is -2.52. The van der Waals surface area contributed by atoms with E-state index >= 15 is 0 Å². The first kappa shape index (κ1) is 16.5. The van der Waals surface area contributed by atoms with Gasteiger partial charge < -0.3 is 4.74 Å². The molecular formula is C25H30O2. The van der Waals surface area contributed by atoms with Gasteiger partial charge in [0.15, 0.2) is 5.78 Å². The maximum Gasteiger partial charge on any atom is 0.155 e. The second-order valence-electron chi connectivity index (χ2n) is 10.4. The standard InChI is InChI=1S/C25H30O2/c1-23-12-10-18(26)14-17(23)8-9-19-20(23)11-13-24(2)21(19)15-22-25(24,27-22)16-6-4-3-5-7-16/h3-7,14,19-22H,8-13,15H2,1-2H3/t19?,20?,21?,22-,23+,24+,25-/m1/s1. The first-order chi connectivity index (χ1) is 13.0. The van der Waals surface area contributed by atoms with Crippen LogP contribution in [0.1, 0.15) is 64.4 Å². The van der Waals surface area contributed by atoms with Crippen LogP contribution in [0.2, 0.25) is 0 Å². The average molecular weight is 363 g/mol. The van der Waals surface area contributed by atoms with E-state index in [1.54, 1.807) is 0 Å². The van der Waals surface area contributed by atoms with Gasteiger partial charge in [0.25, 0.3) is 0 Å². The molecule has 0 spiro atoms. The second kappa shape index (κ2) is 5.14. The van der Waals surface area contributed by atoms with Crippen molar-refractivity contribution in [2.75, 3.05) is 0 Å². The minimum absolute atomic E-state index is 0.0244. The zero-order valence-corrected chi connectivity index (χ0v) is 16.5. The van der Waals surface area contributed by atoms with Crippen LogP contribution in [0.15, 0.2) is 42.0 Å². The topological polar surface area (TPSA) is 29.6 Å². The molecule has 4 fully saturated rings. The van der Waals surface area contributed by atoms with Gasteiger partial charge in [0.05, 0.1) is 6.10 Å². The molecule has 0 radical (unpaired) electrons. The summed E-state index contributed by atoms with van der Waals surface area (Å²) in [5.74, 6) is 2.69. The van der Waals surface area contributed by atoms with Crippen LogP contribution in [0, 0.1) is 28.6 Å². The molecule has 5 aliphatic rings. The third-order valence-electron chi connectivity index (χ3n) is 9.60. The largest absolute Gasteiger partial charge is 0.360 e. The molecule has 142 valence electrons. The molecule has 1 heterocycles. The van der Waals surface area contributed by atoms with Crippen LogP contribution < -0.4 is 0 Å². The Hall–Kier alpha value is -1.41. The van der Waals surface area contributed by atoms with Crippen LogP contribution in [0.3, 0.4) is 0 Å². The van der Waals surface area contributed by atoms with Gasteiger partial charge in [-0.05, 0) is 73.3 Å². The fourth-order valence-electron chi connectivity index (χ4n) is 8.18. The first-order valence-electron chi connectivity index (χ1n) is 11.0. The van der Waals surface area contributed by atoms with E-state index in [1.165, 1.54) is 36.8 Å². The number of carbonyl (C=O) groups is 1. The normalized spacial score (nSPS) is 50.1. The van der Waals surface area contributed by atoms with E-state index in [4.69, 9.17) is 4.74 Å². The van der Waals surface area contributed by atoms with E-state index in [0.717, 1.165) is 37.0 Å². The fraction of sp³-hybridized carbons (Fsp3) is 0.640. The van der Waals surface area contributed by atoms with Gasteiger partial charge >= 0.3 is 0 Å². The highest BCUT2D eigenvalue weighted by atomic mass is 16.6. The molecule has 27 heavy (non-hydrogen) atoms. The number of rotatable bonds is 1. The van der Waals surface area contributed by atoms with Crippen molar-refractivity contribution >= 4 is 5.78 Å². The Labute approximate surface area is 162 Å². The Kier molecular flexibility index (Phi) is 3.15. The molecule has 1 aromatic rings. The zero-order valence-electron chi connectivity index (χ0n) is 16.5. The number of carbonyl (C=O) groups excluding carboxylic acids is 1. The summed E-state index contributed by atoms with van der Waals surface area (Å²) in [6.45, 7) is 5.01. The van der Waals surface area contributed by atoms with Gasteiger partial charge in [-0.15, -0.1) is 0 Å². The summed E-state index contributed by atoms with van der Waals surface area (Å²) in [5, 5.41) is 0. The number of epoxide rings is 1. The SMILES string of the molecule is C[C@]12CCC(=O)C=C1CCC1C2CC[C@@]2(C)C1C[C@H]1O[C@]12c1ccccc1. The van der Waals surface area contributed by atoms with Crippen molar-refractivity contribution in [2.24, 2.45) is 28.6 Å². The summed E-state index contributed by atoms with van der Waals surface area (Å²) < 4.78 is 6.47. The number of hydrogen-bond acceptors (Lipinski definition) is 2. The Morgan fingerprint density at radius 2 is 1.81 bits per heavy atom. The van der Waals surface area contributed by atoms with Gasteiger partial charge in [-0.2, -0.15) is 0 Å². The smallest absolute Gasteiger partial charge is 0.155 e. The van der Waals surface area contributed by atoms with Crippen LogP contribution in [0.25, 0.3) is 0 Å². The predicted octanol–water partition coefficient (Wildman–Crippen LogP) is 5.42. The van der Waals surface area contributed by atoms with Gasteiger partial charge in [0, 0.05) is 11.8 Å². The monoisotopic (exact) mass is 362 g/mol. The van der Waals surface area contributed by atoms with Crippen molar-refractivity contribution in [3.63, 3.8) is 0 Å². The van der Waals surface area contributed by atoms with E-state index < -0.39 is 0 Å². The number of hydrogen-bond donors (Lipinski definition) is 0. The van der Waals surface area contributed by atoms with E-state index in [2.05, 4.69) is 44.2 Å². The highest BCUT2D eigenvalue weighted by Crippen LogP contribution is 2.76. The summed E-state index contributed by atoms with van der Waals surface area (Å²) >= 11 is 0. The summed E-state index contributed by atoms with van der Waals surface area (Å²) in [7, 11) is 0. The van der Waals surface area contributed by atoms with Crippen molar-refractivity contribution in [1.82, 2.24) is 0 Å². The average Bonchev–Trinajstić information content (AvgIpc) is 3.35. The number of benzene rings is 1. The molecule has 1 aliphatic heterocycles. The van der Waals surface area contributed by atoms with Crippen LogP contribution in [0.5, 0.6) is 0 Å². The van der Waals surface area contributed by atoms with Crippen molar-refractivity contribution in [3.05, 3.63) is 47.5 Å². The molecule has 0 amide bonds. The molecule has 1 aromatic carbocycles. The summed E-state index contributed by atoms with van der Waals surface area (Å²) in [6, 6.07) is 11.0. The molecule has 0 aromatic heterocycles. The van der Waals surface area contributed by atoms with Crippen molar-refractivity contribution in [3.8, 4) is 0 Å². The molecule has 3 unspecified atom stereocenters.